The van der Waals surface area contributed by atoms with E-state index in [1.165, 1.54) is 0 Å². The highest BCUT2D eigenvalue weighted by Crippen LogP contribution is 2.51. The van der Waals surface area contributed by atoms with Gasteiger partial charge in [0.1, 0.15) is 34.5 Å². The average Bonchev–Trinajstić information content (AvgIpc) is 4.50. The van der Waals surface area contributed by atoms with E-state index in [0.717, 1.165) is 142 Å². The fourth-order valence-electron chi connectivity index (χ4n) is 13.1. The molecule has 17 aromatic rings. The Morgan fingerprint density at radius 1 is 0.237 bits per heavy atom. The molecule has 0 aliphatic carbocycles. The van der Waals surface area contributed by atoms with Crippen LogP contribution in [-0.4, -0.2) is 18.3 Å². The van der Waals surface area contributed by atoms with Crippen molar-refractivity contribution in [1.82, 2.24) is 18.3 Å². The van der Waals surface area contributed by atoms with Crippen molar-refractivity contribution in [3.8, 4) is 34.9 Å². The molecular weight excluding hydrogens is 933 g/mol. The molecule has 0 saturated carbocycles. The van der Waals surface area contributed by atoms with Crippen molar-refractivity contribution in [3.63, 3.8) is 0 Å². The highest BCUT2D eigenvalue weighted by molar-refractivity contribution is 6.29. The highest BCUT2D eigenvalue weighted by Gasteiger charge is 2.35. The number of hydrogen-bond acceptors (Lipinski definition) is 4. The number of aromatic nitrogens is 4. The van der Waals surface area contributed by atoms with Crippen molar-refractivity contribution in [2.45, 2.75) is 0 Å². The summed E-state index contributed by atoms with van der Waals surface area (Å²) >= 11 is 0. The van der Waals surface area contributed by atoms with E-state index in [0.29, 0.717) is 11.4 Å². The number of fused-ring (bicyclic) bond motifs is 20. The van der Waals surface area contributed by atoms with E-state index in [4.69, 9.17) is 8.83 Å². The molecule has 11 aromatic carbocycles. The Labute approximate surface area is 431 Å². The Morgan fingerprint density at radius 2 is 0.513 bits per heavy atom. The van der Waals surface area contributed by atoms with Gasteiger partial charge in [0.2, 0.25) is 0 Å². The molecule has 0 spiro atoms. The molecule has 76 heavy (non-hydrogen) atoms. The fraction of sp³-hybridized carbons (Fsp3) is 0. The van der Waals surface area contributed by atoms with Crippen LogP contribution < -0.4 is 0 Å². The maximum Gasteiger partial charge on any atom is 0.136 e. The molecule has 6 aromatic heterocycles. The largest absolute Gasteiger partial charge is 0.456 e. The van der Waals surface area contributed by atoms with Crippen LogP contribution in [-0.2, 0) is 0 Å². The van der Waals surface area contributed by atoms with Gasteiger partial charge in [0.15, 0.2) is 0 Å². The summed E-state index contributed by atoms with van der Waals surface area (Å²) in [5, 5.41) is 36.9. The molecule has 0 atom stereocenters. The van der Waals surface area contributed by atoms with Crippen LogP contribution in [0.2, 0.25) is 0 Å². The van der Waals surface area contributed by atoms with E-state index >= 15 is 0 Å². The van der Waals surface area contributed by atoms with Gasteiger partial charge in [-0.05, 0) is 72.8 Å². The minimum Gasteiger partial charge on any atom is -0.456 e. The normalized spacial score (nSPS) is 12.2. The van der Waals surface area contributed by atoms with Gasteiger partial charge in [0.25, 0.3) is 0 Å². The SMILES string of the molecule is N#Cc1c(C#N)c(-n2c3ccccc3c3c4c(ccc32)oc2ccccc24)c(-n2c3ccccc3c3ccccc32)c(-n2c3ccccc3c3ccccc32)c1-n1c2ccccc2c2c3c(ccc21)oc1ccccc13. The lowest BCUT2D eigenvalue weighted by Crippen LogP contribution is -2.17. The number of nitriles is 2. The summed E-state index contributed by atoms with van der Waals surface area (Å²) in [6, 6.07) is 81.2. The van der Waals surface area contributed by atoms with Gasteiger partial charge in [-0.25, -0.2) is 0 Å². The van der Waals surface area contributed by atoms with E-state index in [1.807, 2.05) is 48.5 Å². The molecule has 6 heterocycles. The maximum atomic E-state index is 12.4. The minimum absolute atomic E-state index is 0.236. The lowest BCUT2D eigenvalue weighted by Gasteiger charge is -2.27. The summed E-state index contributed by atoms with van der Waals surface area (Å²) in [6.45, 7) is 0. The molecule has 0 bridgehead atoms. The smallest absolute Gasteiger partial charge is 0.136 e. The third-order valence-electron chi connectivity index (χ3n) is 16.0. The second kappa shape index (κ2) is 14.9. The zero-order chi connectivity index (χ0) is 49.9. The van der Waals surface area contributed by atoms with Gasteiger partial charge in [-0.1, -0.05) is 146 Å². The molecule has 350 valence electrons. The Kier molecular flexibility index (Phi) is 7.99. The minimum atomic E-state index is 0.236. The van der Waals surface area contributed by atoms with Gasteiger partial charge < -0.3 is 27.1 Å². The molecule has 0 amide bonds. The lowest BCUT2D eigenvalue weighted by molar-refractivity contribution is 0.669. The van der Waals surface area contributed by atoms with Crippen molar-refractivity contribution in [2.75, 3.05) is 0 Å². The van der Waals surface area contributed by atoms with Crippen LogP contribution in [0.5, 0.6) is 0 Å². The van der Waals surface area contributed by atoms with Crippen molar-refractivity contribution >= 4 is 131 Å². The molecule has 0 fully saturated rings. The second-order valence-electron chi connectivity index (χ2n) is 19.7. The molecule has 0 aliphatic rings. The fourth-order valence-corrected chi connectivity index (χ4v) is 13.1. The molecule has 8 heteroatoms. The second-order valence-corrected chi connectivity index (χ2v) is 19.7. The van der Waals surface area contributed by atoms with Crippen molar-refractivity contribution in [2.24, 2.45) is 0 Å². The first kappa shape index (κ1) is 40.8. The summed E-state index contributed by atoms with van der Waals surface area (Å²) in [5.41, 5.74) is 13.5. The third-order valence-corrected chi connectivity index (χ3v) is 16.0. The zero-order valence-electron chi connectivity index (χ0n) is 40.3. The van der Waals surface area contributed by atoms with Crippen molar-refractivity contribution < 1.29 is 8.83 Å². The number of nitrogens with zero attached hydrogens (tertiary/aromatic N) is 6. The average molecular weight is 969 g/mol. The predicted octanol–water partition coefficient (Wildman–Crippen LogP) is 17.6. The molecule has 0 unspecified atom stereocenters. The van der Waals surface area contributed by atoms with Crippen LogP contribution in [0.15, 0.2) is 227 Å². The number of furan rings is 2. The van der Waals surface area contributed by atoms with Crippen molar-refractivity contribution in [1.29, 1.82) is 10.5 Å². The maximum absolute atomic E-state index is 12.4. The van der Waals surface area contributed by atoms with Crippen LogP contribution in [0.1, 0.15) is 11.1 Å². The van der Waals surface area contributed by atoms with Crippen LogP contribution in [0, 0.1) is 22.7 Å². The van der Waals surface area contributed by atoms with E-state index in [2.05, 4.69) is 200 Å². The Balaban J connectivity index is 1.20. The van der Waals surface area contributed by atoms with Gasteiger partial charge >= 0.3 is 0 Å². The number of benzene rings is 11. The molecule has 0 N–H and O–H groups in total. The van der Waals surface area contributed by atoms with E-state index in [9.17, 15) is 10.5 Å². The van der Waals surface area contributed by atoms with E-state index in [1.54, 1.807) is 0 Å². The standard InChI is InChI=1S/C68H36N6O2/c69-37-47-48(38-70)66(74-54-30-14-6-22-44(54)62-56(74)34-36-60-64(62)46-24-8-16-32-58(46)76-60)68(72-51-27-11-3-19-41(51)42-20-4-12-28-52(42)72)67(71-49-25-9-1-17-39(49)40-18-2-10-26-50(40)71)65(47)73-53-29-13-5-21-43(53)61-55(73)33-35-59-63(61)45-23-7-15-31-57(45)75-59/h1-36H. The van der Waals surface area contributed by atoms with Gasteiger partial charge in [0, 0.05) is 64.6 Å². The summed E-state index contributed by atoms with van der Waals surface area (Å²) < 4.78 is 22.4. The zero-order valence-corrected chi connectivity index (χ0v) is 40.3. The van der Waals surface area contributed by atoms with Gasteiger partial charge in [-0.2, -0.15) is 10.5 Å². The van der Waals surface area contributed by atoms with E-state index in [-0.39, 0.29) is 11.1 Å². The van der Waals surface area contributed by atoms with Gasteiger partial charge in [0.05, 0.1) is 78.0 Å². The number of hydrogen-bond donors (Lipinski definition) is 0. The monoisotopic (exact) mass is 968 g/mol. The quantitative estimate of drug-likeness (QED) is 0.176. The topological polar surface area (TPSA) is 93.6 Å². The van der Waals surface area contributed by atoms with Crippen molar-refractivity contribution in [3.05, 3.63) is 230 Å². The molecule has 17 rings (SSSR count). The summed E-state index contributed by atoms with van der Waals surface area (Å²) in [5.74, 6) is 0. The Morgan fingerprint density at radius 3 is 0.855 bits per heavy atom. The van der Waals surface area contributed by atoms with E-state index < -0.39 is 0 Å². The Hall–Kier alpha value is -10.8. The van der Waals surface area contributed by atoms with Crippen LogP contribution in [0.25, 0.3) is 154 Å². The first-order chi connectivity index (χ1) is 37.7. The molecule has 0 aliphatic heterocycles. The third kappa shape index (κ3) is 5.09. The first-order valence-corrected chi connectivity index (χ1v) is 25.4. The number of para-hydroxylation sites is 8. The lowest BCUT2D eigenvalue weighted by atomic mass is 9.98. The molecular formula is C68H36N6O2. The van der Waals surface area contributed by atoms with Gasteiger partial charge in [-0.15, -0.1) is 0 Å². The highest BCUT2D eigenvalue weighted by atomic mass is 16.3. The van der Waals surface area contributed by atoms with Gasteiger partial charge in [-0.3, -0.25) is 0 Å². The summed E-state index contributed by atoms with van der Waals surface area (Å²) in [4.78, 5) is 0. The molecule has 8 nitrogen and oxygen atoms in total. The molecule has 0 saturated heterocycles. The molecule has 0 radical (unpaired) electrons. The van der Waals surface area contributed by atoms with Crippen LogP contribution in [0.4, 0.5) is 0 Å². The van der Waals surface area contributed by atoms with Crippen LogP contribution in [0.3, 0.4) is 0 Å². The first-order valence-electron chi connectivity index (χ1n) is 25.4. The predicted molar refractivity (Wildman–Crippen MR) is 308 cm³/mol. The van der Waals surface area contributed by atoms with Crippen LogP contribution >= 0.6 is 0 Å². The Bertz CT molecular complexity index is 5070. The summed E-state index contributed by atoms with van der Waals surface area (Å²) in [6.07, 6.45) is 0. The summed E-state index contributed by atoms with van der Waals surface area (Å²) in [7, 11) is 0. The number of rotatable bonds is 4.